The summed E-state index contributed by atoms with van der Waals surface area (Å²) in [7, 11) is 1.36. The molecule has 0 radical (unpaired) electrons. The van der Waals surface area contributed by atoms with E-state index >= 15 is 0 Å². The third kappa shape index (κ3) is 4.24. The molecule has 1 aliphatic rings. The van der Waals surface area contributed by atoms with Crippen LogP contribution < -0.4 is 4.90 Å². The molecule has 0 unspecified atom stereocenters. The molecule has 2 heterocycles. The first-order chi connectivity index (χ1) is 15.4. The van der Waals surface area contributed by atoms with Crippen LogP contribution >= 0.6 is 12.3 Å². The van der Waals surface area contributed by atoms with E-state index in [0.717, 1.165) is 54.1 Å². The number of carbonyl (C=O) groups is 1. The molecule has 1 aliphatic heterocycles. The van der Waals surface area contributed by atoms with Gasteiger partial charge in [0.1, 0.15) is 12.1 Å². The van der Waals surface area contributed by atoms with Gasteiger partial charge in [0.15, 0.2) is 12.3 Å². The van der Waals surface area contributed by atoms with Gasteiger partial charge in [-0.05, 0) is 62.1 Å². The number of methoxy groups -OCH3 is 1. The minimum atomic E-state index is -0.400. The molecule has 2 aromatic carbocycles. The van der Waals surface area contributed by atoms with Crippen molar-refractivity contribution in [2.45, 2.75) is 32.6 Å². The van der Waals surface area contributed by atoms with E-state index < -0.39 is 5.97 Å². The highest BCUT2D eigenvalue weighted by Gasteiger charge is 2.27. The molecular weight excluding hydrogens is 432 g/mol. The van der Waals surface area contributed by atoms with Crippen LogP contribution in [0.2, 0.25) is 0 Å². The van der Waals surface area contributed by atoms with Gasteiger partial charge in [0.25, 0.3) is 0 Å². The first-order valence-corrected chi connectivity index (χ1v) is 11.2. The number of aromatic nitrogens is 2. The molecular formula is C24H25F2N3O2S. The third-order valence-electron chi connectivity index (χ3n) is 6.15. The molecule has 3 aromatic rings. The fourth-order valence-corrected chi connectivity index (χ4v) is 4.88. The Morgan fingerprint density at radius 1 is 1.16 bits per heavy atom. The third-order valence-corrected chi connectivity index (χ3v) is 6.59. The summed E-state index contributed by atoms with van der Waals surface area (Å²) in [5.41, 5.74) is 5.53. The summed E-state index contributed by atoms with van der Waals surface area (Å²) in [6.45, 7) is 5.12. The van der Waals surface area contributed by atoms with Crippen LogP contribution in [0.4, 0.5) is 14.0 Å². The predicted molar refractivity (Wildman–Crippen MR) is 123 cm³/mol. The molecule has 0 spiro atoms. The van der Waals surface area contributed by atoms with E-state index in [-0.39, 0.29) is 24.1 Å². The number of imidazole rings is 1. The minimum Gasteiger partial charge on any atom is -0.465 e. The van der Waals surface area contributed by atoms with Gasteiger partial charge in [-0.15, -0.1) is 3.89 Å². The maximum atomic E-state index is 13.9. The van der Waals surface area contributed by atoms with E-state index in [0.29, 0.717) is 11.1 Å². The summed E-state index contributed by atoms with van der Waals surface area (Å²) < 4.78 is 33.6. The molecule has 5 nitrogen and oxygen atoms in total. The fraction of sp³-hybridized carbons (Fsp3) is 0.333. The average Bonchev–Trinajstić information content (AvgIpc) is 3.20. The van der Waals surface area contributed by atoms with Crippen LogP contribution in [0.5, 0.6) is 0 Å². The molecule has 32 heavy (non-hydrogen) atoms. The van der Waals surface area contributed by atoms with Crippen LogP contribution in [0.25, 0.3) is 11.1 Å². The van der Waals surface area contributed by atoms with Gasteiger partial charge < -0.3 is 9.64 Å². The standard InChI is InChI=1S/C24H25F2N3O2S/c1-15-12-18(5-7-21(15)25)20-6-4-19(24(30)31-3)13-22(20)28-10-8-17(9-11-28)23-16(2)27-14-29(23)32-26/h4-7,12-14,17H,8-11H2,1-3H3. The number of nitrogens with zero attached hydrogens (tertiary/aromatic N) is 3. The number of hydrogen-bond donors (Lipinski definition) is 0. The van der Waals surface area contributed by atoms with E-state index in [4.69, 9.17) is 4.74 Å². The molecule has 0 saturated carbocycles. The lowest BCUT2D eigenvalue weighted by molar-refractivity contribution is 0.0601. The van der Waals surface area contributed by atoms with Gasteiger partial charge in [0.05, 0.1) is 24.1 Å². The summed E-state index contributed by atoms with van der Waals surface area (Å²) >= 11 is 0.175. The smallest absolute Gasteiger partial charge is 0.337 e. The number of carbonyl (C=O) groups excluding carboxylic acids is 1. The number of esters is 1. The Morgan fingerprint density at radius 2 is 1.91 bits per heavy atom. The maximum Gasteiger partial charge on any atom is 0.337 e. The summed E-state index contributed by atoms with van der Waals surface area (Å²) in [6, 6.07) is 10.5. The lowest BCUT2D eigenvalue weighted by Crippen LogP contribution is -2.34. The normalized spacial score (nSPS) is 14.6. The van der Waals surface area contributed by atoms with E-state index in [1.807, 2.05) is 25.1 Å². The lowest BCUT2D eigenvalue weighted by atomic mass is 9.91. The quantitative estimate of drug-likeness (QED) is 0.449. The van der Waals surface area contributed by atoms with Crippen molar-refractivity contribution < 1.29 is 17.8 Å². The number of rotatable bonds is 5. The topological polar surface area (TPSA) is 47.4 Å². The molecule has 168 valence electrons. The van der Waals surface area contributed by atoms with Gasteiger partial charge in [-0.3, -0.25) is 0 Å². The number of piperidine rings is 1. The molecule has 0 aliphatic carbocycles. The molecule has 1 aromatic heterocycles. The van der Waals surface area contributed by atoms with Gasteiger partial charge in [0.2, 0.25) is 0 Å². The van der Waals surface area contributed by atoms with Gasteiger partial charge in [0, 0.05) is 30.3 Å². The predicted octanol–water partition coefficient (Wildman–Crippen LogP) is 5.86. The van der Waals surface area contributed by atoms with E-state index in [2.05, 4.69) is 9.88 Å². The fourth-order valence-electron chi connectivity index (χ4n) is 4.45. The number of aryl methyl sites for hydroxylation is 2. The Morgan fingerprint density at radius 3 is 2.56 bits per heavy atom. The van der Waals surface area contributed by atoms with E-state index in [9.17, 15) is 13.1 Å². The number of ether oxygens (including phenoxy) is 1. The summed E-state index contributed by atoms with van der Waals surface area (Å²) in [5.74, 6) is -0.445. The number of benzene rings is 2. The Labute approximate surface area is 190 Å². The average molecular weight is 458 g/mol. The SMILES string of the molecule is COC(=O)c1ccc(-c2ccc(F)c(C)c2)c(N2CCC(c3c(C)ncn3SF)CC2)c1. The molecule has 1 fully saturated rings. The van der Waals surface area contributed by atoms with Crippen molar-refractivity contribution in [1.82, 2.24) is 8.96 Å². The lowest BCUT2D eigenvalue weighted by Gasteiger charge is -2.35. The monoisotopic (exact) mass is 457 g/mol. The molecule has 0 atom stereocenters. The molecule has 8 heteroatoms. The Hall–Kier alpha value is -2.87. The molecule has 0 N–H and O–H groups in total. The molecule has 0 bridgehead atoms. The van der Waals surface area contributed by atoms with Crippen molar-refractivity contribution >= 4 is 24.0 Å². The second-order valence-electron chi connectivity index (χ2n) is 8.06. The zero-order chi connectivity index (χ0) is 22.8. The van der Waals surface area contributed by atoms with Crippen LogP contribution in [0.15, 0.2) is 42.7 Å². The summed E-state index contributed by atoms with van der Waals surface area (Å²) in [4.78, 5) is 18.7. The number of hydrogen-bond acceptors (Lipinski definition) is 5. The Bertz CT molecular complexity index is 1140. The van der Waals surface area contributed by atoms with Crippen molar-refractivity contribution in [3.05, 3.63) is 71.1 Å². The van der Waals surface area contributed by atoms with Gasteiger partial charge in [-0.25, -0.2) is 18.1 Å². The van der Waals surface area contributed by atoms with Crippen molar-refractivity contribution in [2.75, 3.05) is 25.1 Å². The highest BCUT2D eigenvalue weighted by atomic mass is 32.2. The van der Waals surface area contributed by atoms with Crippen molar-refractivity contribution in [2.24, 2.45) is 0 Å². The second-order valence-corrected chi connectivity index (χ2v) is 8.59. The van der Waals surface area contributed by atoms with Crippen LogP contribution in [0.1, 0.15) is 46.1 Å². The van der Waals surface area contributed by atoms with E-state index in [1.54, 1.807) is 19.1 Å². The van der Waals surface area contributed by atoms with Crippen LogP contribution in [0.3, 0.4) is 0 Å². The zero-order valence-corrected chi connectivity index (χ0v) is 19.1. The first-order valence-electron chi connectivity index (χ1n) is 10.5. The Kier molecular flexibility index (Phi) is 6.50. The highest BCUT2D eigenvalue weighted by molar-refractivity contribution is 7.92. The first kappa shape index (κ1) is 22.3. The minimum absolute atomic E-state index is 0.175. The largest absolute Gasteiger partial charge is 0.465 e. The van der Waals surface area contributed by atoms with Gasteiger partial charge in [-0.1, -0.05) is 12.1 Å². The van der Waals surface area contributed by atoms with E-state index in [1.165, 1.54) is 23.5 Å². The van der Waals surface area contributed by atoms with Crippen molar-refractivity contribution in [1.29, 1.82) is 0 Å². The van der Waals surface area contributed by atoms with Crippen molar-refractivity contribution in [3.63, 3.8) is 0 Å². The van der Waals surface area contributed by atoms with Crippen molar-refractivity contribution in [3.8, 4) is 11.1 Å². The Balaban J connectivity index is 1.66. The number of anilines is 1. The maximum absolute atomic E-state index is 13.9. The molecule has 0 amide bonds. The molecule has 4 rings (SSSR count). The highest BCUT2D eigenvalue weighted by Crippen LogP contribution is 2.38. The molecule has 1 saturated heterocycles. The second kappa shape index (κ2) is 9.32. The van der Waals surface area contributed by atoms with Crippen LogP contribution in [-0.4, -0.2) is 35.1 Å². The number of halogens is 2. The van der Waals surface area contributed by atoms with Gasteiger partial charge in [-0.2, -0.15) is 0 Å². The van der Waals surface area contributed by atoms with Crippen LogP contribution in [0, 0.1) is 19.7 Å². The summed E-state index contributed by atoms with van der Waals surface area (Å²) in [5, 5.41) is 0. The summed E-state index contributed by atoms with van der Waals surface area (Å²) in [6.07, 6.45) is 3.19. The van der Waals surface area contributed by atoms with Crippen LogP contribution in [-0.2, 0) is 4.74 Å². The zero-order valence-electron chi connectivity index (χ0n) is 18.3. The van der Waals surface area contributed by atoms with Gasteiger partial charge >= 0.3 is 5.97 Å².